The molecule has 3 aromatic carbocycles. The van der Waals surface area contributed by atoms with Crippen molar-refractivity contribution in [3.63, 3.8) is 0 Å². The van der Waals surface area contributed by atoms with Crippen molar-refractivity contribution in [2.45, 2.75) is 11.8 Å². The molecule has 6 nitrogen and oxygen atoms in total. The number of halogens is 1. The van der Waals surface area contributed by atoms with Gasteiger partial charge in [0.1, 0.15) is 11.5 Å². The third-order valence-electron chi connectivity index (χ3n) is 4.43. The first-order valence-electron chi connectivity index (χ1n) is 8.92. The van der Waals surface area contributed by atoms with Gasteiger partial charge in [-0.25, -0.2) is 8.42 Å². The highest BCUT2D eigenvalue weighted by atomic mass is 35.5. The van der Waals surface area contributed by atoms with Crippen LogP contribution < -0.4 is 13.8 Å². The zero-order valence-electron chi connectivity index (χ0n) is 16.6. The SMILES string of the molecule is COc1cccc(C(=O)N(c2ccc(OC)c(Cl)c2)S(=O)(=O)c2ccc(C)cc2)c1. The Morgan fingerprint density at radius 3 is 2.23 bits per heavy atom. The Bertz CT molecular complexity index is 1180. The Hall–Kier alpha value is -3.03. The van der Waals surface area contributed by atoms with Gasteiger partial charge < -0.3 is 9.47 Å². The minimum Gasteiger partial charge on any atom is -0.497 e. The monoisotopic (exact) mass is 445 g/mol. The lowest BCUT2D eigenvalue weighted by molar-refractivity contribution is 0.100. The van der Waals surface area contributed by atoms with E-state index in [-0.39, 0.29) is 21.2 Å². The van der Waals surface area contributed by atoms with Gasteiger partial charge in [-0.15, -0.1) is 0 Å². The van der Waals surface area contributed by atoms with Crippen molar-refractivity contribution < 1.29 is 22.7 Å². The number of aryl methyl sites for hydroxylation is 1. The lowest BCUT2D eigenvalue weighted by Crippen LogP contribution is -2.37. The molecule has 30 heavy (non-hydrogen) atoms. The molecule has 8 heteroatoms. The number of sulfonamides is 1. The van der Waals surface area contributed by atoms with E-state index in [0.29, 0.717) is 11.5 Å². The normalized spacial score (nSPS) is 11.1. The summed E-state index contributed by atoms with van der Waals surface area (Å²) in [5, 5.41) is 0.178. The third-order valence-corrected chi connectivity index (χ3v) is 6.45. The Kier molecular flexibility index (Phi) is 6.34. The molecule has 0 N–H and O–H groups in total. The van der Waals surface area contributed by atoms with E-state index in [1.807, 2.05) is 6.92 Å². The van der Waals surface area contributed by atoms with Crippen LogP contribution >= 0.6 is 11.6 Å². The predicted octanol–water partition coefficient (Wildman–Crippen LogP) is 4.70. The minimum atomic E-state index is -4.23. The average Bonchev–Trinajstić information content (AvgIpc) is 2.74. The van der Waals surface area contributed by atoms with E-state index in [1.54, 1.807) is 24.3 Å². The maximum Gasteiger partial charge on any atom is 0.272 e. The van der Waals surface area contributed by atoms with Crippen LogP contribution in [0.2, 0.25) is 5.02 Å². The first-order valence-corrected chi connectivity index (χ1v) is 10.7. The fourth-order valence-corrected chi connectivity index (χ4v) is 4.49. The summed E-state index contributed by atoms with van der Waals surface area (Å²) in [7, 11) is -1.32. The predicted molar refractivity (Wildman–Crippen MR) is 116 cm³/mol. The number of rotatable bonds is 6. The van der Waals surface area contributed by atoms with Crippen LogP contribution in [0, 0.1) is 6.92 Å². The van der Waals surface area contributed by atoms with Crippen LogP contribution in [0.3, 0.4) is 0 Å². The van der Waals surface area contributed by atoms with Crippen LogP contribution in [-0.2, 0) is 10.0 Å². The van der Waals surface area contributed by atoms with Gasteiger partial charge in [0.2, 0.25) is 0 Å². The van der Waals surface area contributed by atoms with Crippen molar-refractivity contribution in [2.24, 2.45) is 0 Å². The van der Waals surface area contributed by atoms with Crippen LogP contribution in [0.4, 0.5) is 5.69 Å². The number of anilines is 1. The van der Waals surface area contributed by atoms with Crippen LogP contribution in [0.1, 0.15) is 15.9 Å². The molecule has 3 rings (SSSR count). The topological polar surface area (TPSA) is 72.9 Å². The number of hydrogen-bond donors (Lipinski definition) is 0. The van der Waals surface area contributed by atoms with Crippen molar-refractivity contribution in [1.82, 2.24) is 0 Å². The number of ether oxygens (including phenoxy) is 2. The molecule has 3 aromatic rings. The van der Waals surface area contributed by atoms with Gasteiger partial charge in [0.25, 0.3) is 15.9 Å². The summed E-state index contributed by atoms with van der Waals surface area (Å²) in [5.74, 6) is 0.0546. The number of amides is 1. The molecule has 0 atom stereocenters. The highest BCUT2D eigenvalue weighted by Crippen LogP contribution is 2.33. The van der Waals surface area contributed by atoms with Gasteiger partial charge in [-0.1, -0.05) is 35.4 Å². The number of carbonyl (C=O) groups is 1. The number of methoxy groups -OCH3 is 2. The van der Waals surface area contributed by atoms with Gasteiger partial charge in [-0.05, 0) is 55.5 Å². The second-order valence-electron chi connectivity index (χ2n) is 6.44. The Morgan fingerprint density at radius 1 is 0.933 bits per heavy atom. The maximum atomic E-state index is 13.5. The molecule has 0 aliphatic carbocycles. The molecule has 0 aromatic heterocycles. The molecule has 0 spiro atoms. The number of carbonyl (C=O) groups excluding carboxylic acids is 1. The molecule has 0 unspecified atom stereocenters. The molecule has 0 fully saturated rings. The molecule has 0 radical (unpaired) electrons. The number of hydrogen-bond acceptors (Lipinski definition) is 5. The van der Waals surface area contributed by atoms with Crippen LogP contribution in [0.25, 0.3) is 0 Å². The molecule has 0 saturated carbocycles. The van der Waals surface area contributed by atoms with Gasteiger partial charge >= 0.3 is 0 Å². The molecule has 0 bridgehead atoms. The Morgan fingerprint density at radius 2 is 1.63 bits per heavy atom. The van der Waals surface area contributed by atoms with E-state index in [1.165, 1.54) is 56.7 Å². The molecular weight excluding hydrogens is 426 g/mol. The van der Waals surface area contributed by atoms with Crippen molar-refractivity contribution >= 4 is 33.2 Å². The van der Waals surface area contributed by atoms with Gasteiger partial charge in [0, 0.05) is 5.56 Å². The summed E-state index contributed by atoms with van der Waals surface area (Å²) in [6.45, 7) is 1.85. The van der Waals surface area contributed by atoms with Crippen molar-refractivity contribution in [3.8, 4) is 11.5 Å². The highest BCUT2D eigenvalue weighted by molar-refractivity contribution is 7.93. The van der Waals surface area contributed by atoms with Gasteiger partial charge in [0.15, 0.2) is 0 Å². The molecule has 0 aliphatic heterocycles. The molecule has 156 valence electrons. The first-order chi connectivity index (χ1) is 14.3. The van der Waals surface area contributed by atoms with Crippen LogP contribution in [-0.4, -0.2) is 28.5 Å². The van der Waals surface area contributed by atoms with Gasteiger partial charge in [0.05, 0.1) is 29.8 Å². The summed E-state index contributed by atoms with van der Waals surface area (Å²) < 4.78 is 38.0. The zero-order valence-corrected chi connectivity index (χ0v) is 18.2. The minimum absolute atomic E-state index is 0.0173. The summed E-state index contributed by atoms with van der Waals surface area (Å²) in [6.07, 6.45) is 0. The summed E-state index contributed by atoms with van der Waals surface area (Å²) >= 11 is 6.21. The van der Waals surface area contributed by atoms with Crippen LogP contribution in [0.5, 0.6) is 11.5 Å². The van der Waals surface area contributed by atoms with Crippen molar-refractivity contribution in [2.75, 3.05) is 18.5 Å². The maximum absolute atomic E-state index is 13.5. The summed E-state index contributed by atoms with van der Waals surface area (Å²) in [6, 6.07) is 16.9. The Balaban J connectivity index is 2.19. The van der Waals surface area contributed by atoms with Gasteiger partial charge in [-0.2, -0.15) is 4.31 Å². The van der Waals surface area contributed by atoms with E-state index in [9.17, 15) is 13.2 Å². The number of benzene rings is 3. The van der Waals surface area contributed by atoms with E-state index in [2.05, 4.69) is 0 Å². The number of nitrogens with zero attached hydrogens (tertiary/aromatic N) is 1. The molecule has 0 aliphatic rings. The van der Waals surface area contributed by atoms with Crippen molar-refractivity contribution in [3.05, 3.63) is 82.9 Å². The Labute approximate surface area is 180 Å². The third kappa shape index (κ3) is 4.27. The highest BCUT2D eigenvalue weighted by Gasteiger charge is 2.32. The fraction of sp³-hybridized carbons (Fsp3) is 0.136. The smallest absolute Gasteiger partial charge is 0.272 e. The summed E-state index contributed by atoms with van der Waals surface area (Å²) in [5.41, 5.74) is 1.14. The van der Waals surface area contributed by atoms with E-state index in [4.69, 9.17) is 21.1 Å². The molecule has 1 amide bonds. The second kappa shape index (κ2) is 8.77. The summed E-state index contributed by atoms with van der Waals surface area (Å²) in [4.78, 5) is 13.4. The second-order valence-corrected chi connectivity index (χ2v) is 8.63. The zero-order chi connectivity index (χ0) is 21.9. The quantitative estimate of drug-likeness (QED) is 0.549. The van der Waals surface area contributed by atoms with Crippen LogP contribution in [0.15, 0.2) is 71.6 Å². The lowest BCUT2D eigenvalue weighted by atomic mass is 10.2. The lowest BCUT2D eigenvalue weighted by Gasteiger charge is -2.23. The molecule has 0 saturated heterocycles. The first kappa shape index (κ1) is 21.7. The largest absolute Gasteiger partial charge is 0.497 e. The van der Waals surface area contributed by atoms with Crippen molar-refractivity contribution in [1.29, 1.82) is 0 Å². The fourth-order valence-electron chi connectivity index (χ4n) is 2.84. The molecule has 0 heterocycles. The average molecular weight is 446 g/mol. The van der Waals surface area contributed by atoms with E-state index in [0.717, 1.165) is 9.87 Å². The van der Waals surface area contributed by atoms with E-state index < -0.39 is 15.9 Å². The molecular formula is C22H20ClNO5S. The standard InChI is InChI=1S/C22H20ClNO5S/c1-15-7-10-19(11-8-15)30(26,27)24(17-9-12-21(29-3)20(23)14-17)22(25)16-5-4-6-18(13-16)28-2/h4-14H,1-3H3. The van der Waals surface area contributed by atoms with E-state index >= 15 is 0 Å². The van der Waals surface area contributed by atoms with Gasteiger partial charge in [-0.3, -0.25) is 4.79 Å².